The zero-order chi connectivity index (χ0) is 23.2. The van der Waals surface area contributed by atoms with Gasteiger partial charge in [-0.2, -0.15) is 65.9 Å². The second-order valence-corrected chi connectivity index (χ2v) is 5.15. The first-order valence-corrected chi connectivity index (χ1v) is 6.23. The number of rotatable bonds is 8. The Kier molecular flexibility index (Phi) is 6.66. The molecule has 0 spiro atoms. The maximum absolute atomic E-state index is 13.2. The van der Waals surface area contributed by atoms with Crippen molar-refractivity contribution in [2.45, 2.75) is 48.8 Å². The first kappa shape index (κ1) is 26.4. The predicted octanol–water partition coefficient (Wildman–Crippen LogP) is 5.80. The molecule has 168 valence electrons. The summed E-state index contributed by atoms with van der Waals surface area (Å²) in [5, 5.41) is 8.26. The zero-order valence-electron chi connectivity index (χ0n) is 12.8. The van der Waals surface area contributed by atoms with Crippen molar-refractivity contribution in [1.82, 2.24) is 0 Å². The van der Waals surface area contributed by atoms with Gasteiger partial charge in [0.1, 0.15) is 0 Å². The summed E-state index contributed by atoms with van der Waals surface area (Å²) in [6, 6.07) is 0. The van der Waals surface area contributed by atoms with Crippen LogP contribution in [0.5, 0.6) is 0 Å². The predicted molar refractivity (Wildman–Crippen MR) is 58.1 cm³/mol. The van der Waals surface area contributed by atoms with E-state index in [0.717, 1.165) is 0 Å². The highest BCUT2D eigenvalue weighted by molar-refractivity contribution is 5.12. The summed E-state index contributed by atoms with van der Waals surface area (Å²) in [6.07, 6.45) is -14.5. The topological polar surface area (TPSA) is 29.5 Å². The van der Waals surface area contributed by atoms with Gasteiger partial charge in [0.05, 0.1) is 12.9 Å². The van der Waals surface area contributed by atoms with Crippen molar-refractivity contribution in [3.05, 3.63) is 11.8 Å². The first-order valence-electron chi connectivity index (χ1n) is 6.23. The van der Waals surface area contributed by atoms with Gasteiger partial charge in [-0.15, -0.1) is 0 Å². The summed E-state index contributed by atoms with van der Waals surface area (Å²) in [5.74, 6) is -40.6. The van der Waals surface area contributed by atoms with Gasteiger partial charge in [-0.25, -0.2) is 0 Å². The van der Waals surface area contributed by atoms with Crippen LogP contribution in [-0.4, -0.2) is 53.6 Å². The number of alkyl halides is 15. The maximum atomic E-state index is 13.2. The van der Waals surface area contributed by atoms with E-state index in [2.05, 4.69) is 4.74 Å². The molecule has 17 heteroatoms. The third kappa shape index (κ3) is 3.68. The highest BCUT2D eigenvalue weighted by atomic mass is 19.4. The smallest absolute Gasteiger partial charge is 0.460 e. The van der Waals surface area contributed by atoms with E-state index >= 15 is 0 Å². The quantitative estimate of drug-likeness (QED) is 0.370. The molecule has 0 aromatic rings. The normalized spacial score (nSPS) is 16.5. The molecule has 0 aromatic heterocycles. The van der Waals surface area contributed by atoms with E-state index in [-0.39, 0.29) is 6.26 Å². The van der Waals surface area contributed by atoms with Crippen molar-refractivity contribution in [1.29, 1.82) is 0 Å². The lowest BCUT2D eigenvalue weighted by Gasteiger charge is -2.41. The van der Waals surface area contributed by atoms with Gasteiger partial charge in [-0.05, 0) is 12.5 Å². The van der Waals surface area contributed by atoms with Crippen LogP contribution in [0.25, 0.3) is 0 Å². The third-order valence-electron chi connectivity index (χ3n) is 3.00. The highest BCUT2D eigenvalue weighted by Gasteiger charge is 2.93. The first-order chi connectivity index (χ1) is 12.0. The lowest BCUT2D eigenvalue weighted by atomic mass is 9.93. The van der Waals surface area contributed by atoms with E-state index < -0.39 is 54.1 Å². The fraction of sp³-hybridized carbons (Fsp3) is 0.818. The van der Waals surface area contributed by atoms with E-state index in [1.165, 1.54) is 0 Å². The number of ether oxygens (including phenoxy) is 1. The van der Waals surface area contributed by atoms with Crippen molar-refractivity contribution in [3.63, 3.8) is 0 Å². The maximum Gasteiger partial charge on any atom is 0.460 e. The molecule has 0 saturated heterocycles. The molecule has 0 heterocycles. The number of hydrogen-bond donors (Lipinski definition) is 1. The lowest BCUT2D eigenvalue weighted by molar-refractivity contribution is -0.471. The number of aliphatic hydroxyl groups is 1. The van der Waals surface area contributed by atoms with E-state index in [1.807, 2.05) is 0 Å². The molecule has 0 saturated carbocycles. The number of halogens is 15. The Morgan fingerprint density at radius 2 is 0.964 bits per heavy atom. The van der Waals surface area contributed by atoms with Crippen LogP contribution in [0.2, 0.25) is 0 Å². The van der Waals surface area contributed by atoms with Gasteiger partial charge >= 0.3 is 41.9 Å². The van der Waals surface area contributed by atoms with Crippen molar-refractivity contribution in [2.24, 2.45) is 0 Å². The Morgan fingerprint density at radius 1 is 0.643 bits per heavy atom. The molecule has 2 nitrogen and oxygen atoms in total. The van der Waals surface area contributed by atoms with E-state index in [0.29, 0.717) is 6.92 Å². The standard InChI is InChI=1S/C11H7F15O2/c1-4(2-27)3-28-11(25,26)9(20,21)7(16,17)5(12,13)6(14,15)8(18,19)10(22,23)24/h2,27H,3H2,1H3. The molecule has 0 fully saturated rings. The molecule has 1 N–H and O–H groups in total. The van der Waals surface area contributed by atoms with Crippen molar-refractivity contribution in [3.8, 4) is 0 Å². The summed E-state index contributed by atoms with van der Waals surface area (Å²) < 4.78 is 194. The van der Waals surface area contributed by atoms with Gasteiger partial charge in [0.2, 0.25) is 0 Å². The minimum absolute atomic E-state index is 0.112. The minimum Gasteiger partial charge on any atom is -0.516 e. The zero-order valence-corrected chi connectivity index (χ0v) is 12.8. The van der Waals surface area contributed by atoms with Crippen molar-refractivity contribution >= 4 is 0 Å². The number of aliphatic hydroxyl groups excluding tert-OH is 1. The molecule has 0 atom stereocenters. The fourth-order valence-electron chi connectivity index (χ4n) is 1.28. The Balaban J connectivity index is 6.31. The van der Waals surface area contributed by atoms with Crippen LogP contribution in [0.3, 0.4) is 0 Å². The molecular formula is C11H7F15O2. The van der Waals surface area contributed by atoms with E-state index in [1.54, 1.807) is 0 Å². The van der Waals surface area contributed by atoms with Gasteiger partial charge in [0.25, 0.3) is 0 Å². The second-order valence-electron chi connectivity index (χ2n) is 5.15. The molecule has 0 aliphatic rings. The summed E-state index contributed by atoms with van der Waals surface area (Å²) in [5.41, 5.74) is -0.820. The van der Waals surface area contributed by atoms with Crippen LogP contribution in [0.4, 0.5) is 65.9 Å². The minimum atomic E-state index is -8.35. The monoisotopic (exact) mass is 456 g/mol. The average Bonchev–Trinajstić information content (AvgIpc) is 2.50. The van der Waals surface area contributed by atoms with Crippen molar-refractivity contribution < 1.29 is 75.7 Å². The average molecular weight is 456 g/mol. The largest absolute Gasteiger partial charge is 0.516 e. The Hall–Kier alpha value is -1.55. The fourth-order valence-corrected chi connectivity index (χ4v) is 1.28. The van der Waals surface area contributed by atoms with Crippen LogP contribution in [0.1, 0.15) is 6.92 Å². The van der Waals surface area contributed by atoms with Crippen LogP contribution in [0, 0.1) is 0 Å². The van der Waals surface area contributed by atoms with E-state index in [4.69, 9.17) is 5.11 Å². The molecule has 0 aliphatic carbocycles. The molecule has 28 heavy (non-hydrogen) atoms. The van der Waals surface area contributed by atoms with Crippen LogP contribution in [0.15, 0.2) is 11.8 Å². The third-order valence-corrected chi connectivity index (χ3v) is 3.00. The van der Waals surface area contributed by atoms with Gasteiger partial charge < -0.3 is 9.84 Å². The molecule has 0 amide bonds. The van der Waals surface area contributed by atoms with E-state index in [9.17, 15) is 65.9 Å². The number of hydrogen-bond acceptors (Lipinski definition) is 2. The van der Waals surface area contributed by atoms with Gasteiger partial charge in [0.15, 0.2) is 0 Å². The lowest BCUT2D eigenvalue weighted by Crippen LogP contribution is -2.72. The van der Waals surface area contributed by atoms with Crippen LogP contribution in [-0.2, 0) is 4.74 Å². The molecular weight excluding hydrogens is 449 g/mol. The summed E-state index contributed by atoms with van der Waals surface area (Å²) >= 11 is 0. The molecule has 0 aromatic carbocycles. The Labute approximate surface area is 144 Å². The molecule has 0 aliphatic heterocycles. The molecule has 0 bridgehead atoms. The Bertz CT molecular complexity index is 589. The molecule has 0 unspecified atom stereocenters. The summed E-state index contributed by atoms with van der Waals surface area (Å²) in [4.78, 5) is 0. The van der Waals surface area contributed by atoms with Gasteiger partial charge in [0, 0.05) is 0 Å². The van der Waals surface area contributed by atoms with Crippen LogP contribution < -0.4 is 0 Å². The van der Waals surface area contributed by atoms with Gasteiger partial charge in [-0.3, -0.25) is 0 Å². The second kappa shape index (κ2) is 7.05. The highest BCUT2D eigenvalue weighted by Crippen LogP contribution is 2.62. The Morgan fingerprint density at radius 3 is 1.29 bits per heavy atom. The van der Waals surface area contributed by atoms with Gasteiger partial charge in [-0.1, -0.05) is 0 Å². The molecule has 0 rings (SSSR count). The summed E-state index contributed by atoms with van der Waals surface area (Å²) in [7, 11) is 0. The van der Waals surface area contributed by atoms with Crippen molar-refractivity contribution in [2.75, 3.05) is 6.61 Å². The SMILES string of the molecule is CC(=CO)COC(F)(F)C(F)(F)C(F)(F)C(F)(F)C(F)(F)C(F)(F)C(F)(F)F. The summed E-state index contributed by atoms with van der Waals surface area (Å²) in [6.45, 7) is -1.24. The molecule has 0 radical (unpaired) electrons. The van der Waals surface area contributed by atoms with Crippen LogP contribution >= 0.6 is 0 Å².